The minimum absolute atomic E-state index is 0.125. The van der Waals surface area contributed by atoms with Crippen LogP contribution in [0.3, 0.4) is 0 Å². The van der Waals surface area contributed by atoms with E-state index in [0.29, 0.717) is 16.1 Å². The zero-order valence-electron chi connectivity index (χ0n) is 10.8. The minimum atomic E-state index is -4.56. The van der Waals surface area contributed by atoms with Gasteiger partial charge in [-0.1, -0.05) is 35.0 Å². The van der Waals surface area contributed by atoms with Gasteiger partial charge in [0.1, 0.15) is 6.54 Å². The molecule has 114 valence electrons. The van der Waals surface area contributed by atoms with Gasteiger partial charge in [0.15, 0.2) is 0 Å². The van der Waals surface area contributed by atoms with Crippen LogP contribution in [-0.2, 0) is 15.4 Å². The molecule has 0 atom stereocenters. The molecule has 1 aromatic rings. The van der Waals surface area contributed by atoms with E-state index in [-0.39, 0.29) is 11.4 Å². The molecule has 0 aliphatic heterocycles. The van der Waals surface area contributed by atoms with Crippen molar-refractivity contribution >= 4 is 26.0 Å². The normalized spacial score (nSPS) is 12.9. The maximum atomic E-state index is 12.5. The molecule has 0 saturated carbocycles. The van der Waals surface area contributed by atoms with Gasteiger partial charge in [-0.05, 0) is 24.1 Å². The van der Waals surface area contributed by atoms with Crippen molar-refractivity contribution < 1.29 is 21.6 Å². The van der Waals surface area contributed by atoms with E-state index < -0.39 is 22.7 Å². The summed E-state index contributed by atoms with van der Waals surface area (Å²) in [6, 6.07) is 5.79. The first-order valence-electron chi connectivity index (χ1n) is 5.92. The highest BCUT2D eigenvalue weighted by atomic mass is 79.9. The van der Waals surface area contributed by atoms with Gasteiger partial charge in [-0.25, -0.2) is 8.42 Å². The molecule has 3 nitrogen and oxygen atoms in total. The van der Waals surface area contributed by atoms with Gasteiger partial charge in [0.2, 0.25) is 10.0 Å². The van der Waals surface area contributed by atoms with E-state index in [1.165, 1.54) is 12.1 Å². The predicted octanol–water partition coefficient (Wildman–Crippen LogP) is 3.54. The van der Waals surface area contributed by atoms with Crippen molar-refractivity contribution in [3.63, 3.8) is 0 Å². The number of rotatable bonds is 6. The van der Waals surface area contributed by atoms with Crippen molar-refractivity contribution in [2.45, 2.75) is 29.7 Å². The first-order chi connectivity index (χ1) is 9.20. The second-order valence-corrected chi connectivity index (χ2v) is 6.73. The lowest BCUT2D eigenvalue weighted by Gasteiger charge is -2.22. The fourth-order valence-electron chi connectivity index (χ4n) is 1.63. The molecule has 0 N–H and O–H groups in total. The summed E-state index contributed by atoms with van der Waals surface area (Å²) in [5, 5.41) is 0.550. The fraction of sp³-hybridized carbons (Fsp3) is 0.500. The first-order valence-corrected chi connectivity index (χ1v) is 8.48. The fourth-order valence-corrected chi connectivity index (χ4v) is 3.52. The number of sulfonamides is 1. The Morgan fingerprint density at radius 1 is 1.20 bits per heavy atom. The maximum Gasteiger partial charge on any atom is 0.402 e. The zero-order valence-corrected chi connectivity index (χ0v) is 13.2. The lowest BCUT2D eigenvalue weighted by Crippen LogP contribution is -2.39. The molecule has 0 heterocycles. The Balaban J connectivity index is 3.08. The Kier molecular flexibility index (Phi) is 6.03. The van der Waals surface area contributed by atoms with E-state index in [0.717, 1.165) is 5.56 Å². The average molecular weight is 374 g/mol. The van der Waals surface area contributed by atoms with Crippen molar-refractivity contribution in [1.82, 2.24) is 4.31 Å². The molecule has 8 heteroatoms. The van der Waals surface area contributed by atoms with Crippen LogP contribution in [-0.4, -0.2) is 32.0 Å². The van der Waals surface area contributed by atoms with Gasteiger partial charge in [0.25, 0.3) is 0 Å². The van der Waals surface area contributed by atoms with Crippen LogP contribution in [0.2, 0.25) is 0 Å². The molecule has 1 aromatic carbocycles. The van der Waals surface area contributed by atoms with E-state index in [9.17, 15) is 21.6 Å². The van der Waals surface area contributed by atoms with Crippen LogP contribution < -0.4 is 0 Å². The molecule has 0 spiro atoms. The van der Waals surface area contributed by atoms with Crippen molar-refractivity contribution in [1.29, 1.82) is 0 Å². The molecule has 0 radical (unpaired) electrons. The summed E-state index contributed by atoms with van der Waals surface area (Å²) >= 11 is 3.22. The van der Waals surface area contributed by atoms with Crippen LogP contribution in [0.1, 0.15) is 18.9 Å². The molecule has 20 heavy (non-hydrogen) atoms. The molecule has 0 saturated heterocycles. The Morgan fingerprint density at radius 3 is 2.15 bits per heavy atom. The lowest BCUT2D eigenvalue weighted by atomic mass is 10.2. The molecule has 1 rings (SSSR count). The highest BCUT2D eigenvalue weighted by Crippen LogP contribution is 2.23. The number of nitrogens with zero attached hydrogens (tertiary/aromatic N) is 1. The molecule has 0 fully saturated rings. The standard InChI is InChI=1S/C12H15BrF3NO2S/c1-2-7-17(9-12(14,15)16)20(18,19)11-5-3-10(8-13)4-6-11/h3-6H,2,7-9H2,1H3. The smallest absolute Gasteiger partial charge is 0.207 e. The van der Waals surface area contributed by atoms with Gasteiger partial charge in [-0.15, -0.1) is 0 Å². The number of hydrogen-bond donors (Lipinski definition) is 0. The van der Waals surface area contributed by atoms with Crippen molar-refractivity contribution in [2.75, 3.05) is 13.1 Å². The molecule has 0 aliphatic carbocycles. The SMILES string of the molecule is CCCN(CC(F)(F)F)S(=O)(=O)c1ccc(CBr)cc1. The Labute approximate surface area is 125 Å². The van der Waals surface area contributed by atoms with Crippen LogP contribution in [0.15, 0.2) is 29.2 Å². The number of benzene rings is 1. The van der Waals surface area contributed by atoms with Crippen LogP contribution in [0, 0.1) is 0 Å². The number of alkyl halides is 4. The Hall–Kier alpha value is -0.600. The number of hydrogen-bond acceptors (Lipinski definition) is 2. The van der Waals surface area contributed by atoms with Crippen LogP contribution in [0.5, 0.6) is 0 Å². The highest BCUT2D eigenvalue weighted by molar-refractivity contribution is 9.08. The summed E-state index contributed by atoms with van der Waals surface area (Å²) in [5.41, 5.74) is 0.849. The lowest BCUT2D eigenvalue weighted by molar-refractivity contribution is -0.136. The number of halogens is 4. The second kappa shape index (κ2) is 6.91. The van der Waals surface area contributed by atoms with Gasteiger partial charge in [-0.3, -0.25) is 0 Å². The van der Waals surface area contributed by atoms with Crippen molar-refractivity contribution in [3.05, 3.63) is 29.8 Å². The molecular formula is C12H15BrF3NO2S. The molecule has 0 aliphatic rings. The van der Waals surface area contributed by atoms with Gasteiger partial charge < -0.3 is 0 Å². The third kappa shape index (κ3) is 4.75. The van der Waals surface area contributed by atoms with E-state index >= 15 is 0 Å². The maximum absolute atomic E-state index is 12.5. The Morgan fingerprint density at radius 2 is 1.75 bits per heavy atom. The first kappa shape index (κ1) is 17.5. The predicted molar refractivity (Wildman–Crippen MR) is 74.2 cm³/mol. The largest absolute Gasteiger partial charge is 0.402 e. The molecule has 0 amide bonds. The van der Waals surface area contributed by atoms with E-state index in [1.807, 2.05) is 0 Å². The monoisotopic (exact) mass is 373 g/mol. The van der Waals surface area contributed by atoms with Crippen LogP contribution in [0.25, 0.3) is 0 Å². The topological polar surface area (TPSA) is 37.4 Å². The third-order valence-electron chi connectivity index (χ3n) is 2.54. The van der Waals surface area contributed by atoms with Gasteiger partial charge in [0, 0.05) is 11.9 Å². The molecule has 0 bridgehead atoms. The van der Waals surface area contributed by atoms with E-state index in [2.05, 4.69) is 15.9 Å². The van der Waals surface area contributed by atoms with Crippen molar-refractivity contribution in [3.8, 4) is 0 Å². The summed E-state index contributed by atoms with van der Waals surface area (Å²) in [6.45, 7) is -0.00175. The second-order valence-electron chi connectivity index (χ2n) is 4.23. The summed E-state index contributed by atoms with van der Waals surface area (Å²) < 4.78 is 62.3. The molecule has 0 aromatic heterocycles. The van der Waals surface area contributed by atoms with Gasteiger partial charge in [-0.2, -0.15) is 17.5 Å². The van der Waals surface area contributed by atoms with Gasteiger partial charge in [0.05, 0.1) is 4.90 Å². The van der Waals surface area contributed by atoms with Gasteiger partial charge >= 0.3 is 6.18 Å². The third-order valence-corrected chi connectivity index (χ3v) is 5.05. The van der Waals surface area contributed by atoms with E-state index in [1.54, 1.807) is 19.1 Å². The summed E-state index contributed by atoms with van der Waals surface area (Å²) in [6.07, 6.45) is -4.24. The Bertz CT molecular complexity index is 529. The summed E-state index contributed by atoms with van der Waals surface area (Å²) in [4.78, 5) is -0.125. The molecular weight excluding hydrogens is 359 g/mol. The zero-order chi connectivity index (χ0) is 15.4. The van der Waals surface area contributed by atoms with E-state index in [4.69, 9.17) is 0 Å². The van der Waals surface area contributed by atoms with Crippen LogP contribution in [0.4, 0.5) is 13.2 Å². The highest BCUT2D eigenvalue weighted by Gasteiger charge is 2.36. The quantitative estimate of drug-likeness (QED) is 0.715. The minimum Gasteiger partial charge on any atom is -0.207 e. The summed E-state index contributed by atoms with van der Waals surface area (Å²) in [7, 11) is -4.12. The van der Waals surface area contributed by atoms with Crippen molar-refractivity contribution in [2.24, 2.45) is 0 Å². The summed E-state index contributed by atoms with van der Waals surface area (Å²) in [5.74, 6) is 0. The molecule has 0 unspecified atom stereocenters. The average Bonchev–Trinajstić information content (AvgIpc) is 2.37. The van der Waals surface area contributed by atoms with Crippen LogP contribution >= 0.6 is 15.9 Å².